The van der Waals surface area contributed by atoms with Gasteiger partial charge in [0.15, 0.2) is 0 Å². The Hall–Kier alpha value is -0.730. The van der Waals surface area contributed by atoms with E-state index in [9.17, 15) is 0 Å². The van der Waals surface area contributed by atoms with Gasteiger partial charge < -0.3 is 10.1 Å². The molecule has 1 fully saturated rings. The molecule has 3 heteroatoms. The lowest BCUT2D eigenvalue weighted by Gasteiger charge is -2.37. The number of hydrogen-bond donors (Lipinski definition) is 1. The van der Waals surface area contributed by atoms with Crippen molar-refractivity contribution in [3.63, 3.8) is 0 Å². The Morgan fingerprint density at radius 1 is 1.21 bits per heavy atom. The van der Waals surface area contributed by atoms with Crippen LogP contribution in [0, 0.1) is 0 Å². The van der Waals surface area contributed by atoms with Gasteiger partial charge in [-0.3, -0.25) is 0 Å². The number of alkyl halides is 1. The van der Waals surface area contributed by atoms with Crippen LogP contribution in [-0.4, -0.2) is 24.6 Å². The normalized spacial score (nSPS) is 24.8. The quantitative estimate of drug-likeness (QED) is 0.849. The van der Waals surface area contributed by atoms with E-state index in [2.05, 4.69) is 23.5 Å². The second-order valence-corrected chi connectivity index (χ2v) is 6.17. The lowest BCUT2D eigenvalue weighted by Crippen LogP contribution is -2.50. The van der Waals surface area contributed by atoms with Gasteiger partial charge in [0.05, 0.1) is 6.61 Å². The van der Waals surface area contributed by atoms with Crippen molar-refractivity contribution in [2.45, 2.75) is 43.6 Å². The van der Waals surface area contributed by atoms with Crippen molar-refractivity contribution in [1.29, 1.82) is 0 Å². The summed E-state index contributed by atoms with van der Waals surface area (Å²) in [5, 5.41) is 3.76. The van der Waals surface area contributed by atoms with Crippen LogP contribution in [-0.2, 0) is 0 Å². The zero-order valence-corrected chi connectivity index (χ0v) is 12.1. The van der Waals surface area contributed by atoms with E-state index in [0.29, 0.717) is 5.92 Å². The smallest absolute Gasteiger partial charge is 0.122 e. The number of fused-ring (bicyclic) bond motifs is 1. The summed E-state index contributed by atoms with van der Waals surface area (Å²) in [6.45, 7) is 1.77. The van der Waals surface area contributed by atoms with Gasteiger partial charge in [0.1, 0.15) is 5.75 Å². The minimum atomic E-state index is 0.164. The molecule has 104 valence electrons. The molecular formula is C16H22ClNO. The molecule has 1 atom stereocenters. The van der Waals surface area contributed by atoms with Crippen molar-refractivity contribution in [1.82, 2.24) is 5.32 Å². The molecule has 0 saturated heterocycles. The Balaban J connectivity index is 1.63. The van der Waals surface area contributed by atoms with Crippen molar-refractivity contribution >= 4 is 11.6 Å². The average molecular weight is 280 g/mol. The Morgan fingerprint density at radius 3 is 2.79 bits per heavy atom. The maximum atomic E-state index is 6.23. The predicted molar refractivity (Wildman–Crippen MR) is 79.2 cm³/mol. The number of rotatable bonds is 4. The minimum Gasteiger partial charge on any atom is -0.493 e. The Labute approximate surface area is 120 Å². The van der Waals surface area contributed by atoms with Crippen molar-refractivity contribution in [2.75, 3.05) is 19.0 Å². The van der Waals surface area contributed by atoms with E-state index >= 15 is 0 Å². The highest BCUT2D eigenvalue weighted by Crippen LogP contribution is 2.35. The maximum absolute atomic E-state index is 6.23. The van der Waals surface area contributed by atoms with Gasteiger partial charge in [-0.1, -0.05) is 37.5 Å². The summed E-state index contributed by atoms with van der Waals surface area (Å²) in [7, 11) is 0. The Kier molecular flexibility index (Phi) is 3.99. The van der Waals surface area contributed by atoms with E-state index in [1.807, 2.05) is 6.07 Å². The van der Waals surface area contributed by atoms with Crippen molar-refractivity contribution in [3.8, 4) is 5.75 Å². The number of halogens is 1. The van der Waals surface area contributed by atoms with E-state index in [4.69, 9.17) is 16.3 Å². The SMILES string of the molecule is ClCC1(NCC2COc3ccccc32)CCCCC1. The third-order valence-electron chi connectivity index (χ3n) is 4.59. The highest BCUT2D eigenvalue weighted by atomic mass is 35.5. The van der Waals surface area contributed by atoms with Crippen molar-refractivity contribution in [3.05, 3.63) is 29.8 Å². The van der Waals surface area contributed by atoms with Gasteiger partial charge in [0, 0.05) is 29.4 Å². The molecular weight excluding hydrogens is 258 g/mol. The second-order valence-electron chi connectivity index (χ2n) is 5.90. The molecule has 1 aromatic rings. The molecule has 1 aliphatic heterocycles. The zero-order chi connectivity index (χ0) is 13.1. The summed E-state index contributed by atoms with van der Waals surface area (Å²) in [5.74, 6) is 2.25. The monoisotopic (exact) mass is 279 g/mol. The first-order chi connectivity index (χ1) is 9.33. The highest BCUT2D eigenvalue weighted by molar-refractivity contribution is 6.18. The molecule has 0 bridgehead atoms. The van der Waals surface area contributed by atoms with E-state index in [-0.39, 0.29) is 5.54 Å². The van der Waals surface area contributed by atoms with Crippen LogP contribution < -0.4 is 10.1 Å². The fourth-order valence-corrected chi connectivity index (χ4v) is 3.69. The average Bonchev–Trinajstić information content (AvgIpc) is 2.89. The topological polar surface area (TPSA) is 21.3 Å². The molecule has 3 rings (SSSR count). The Morgan fingerprint density at radius 2 is 2.00 bits per heavy atom. The Bertz CT molecular complexity index is 429. The molecule has 0 aromatic heterocycles. The van der Waals surface area contributed by atoms with Crippen LogP contribution in [0.1, 0.15) is 43.6 Å². The summed E-state index contributed by atoms with van der Waals surface area (Å²) in [6, 6.07) is 8.38. The first-order valence-corrected chi connectivity index (χ1v) is 7.89. The molecule has 1 aliphatic carbocycles. The summed E-state index contributed by atoms with van der Waals surface area (Å²) >= 11 is 6.23. The number of para-hydroxylation sites is 1. The van der Waals surface area contributed by atoms with Gasteiger partial charge in [-0.15, -0.1) is 11.6 Å². The van der Waals surface area contributed by atoms with Crippen LogP contribution in [0.5, 0.6) is 5.75 Å². The molecule has 0 spiro atoms. The van der Waals surface area contributed by atoms with Gasteiger partial charge in [-0.05, 0) is 18.9 Å². The third kappa shape index (κ3) is 2.75. The minimum absolute atomic E-state index is 0.164. The summed E-state index contributed by atoms with van der Waals surface area (Å²) in [6.07, 6.45) is 6.39. The molecule has 19 heavy (non-hydrogen) atoms. The molecule has 2 aliphatic rings. The van der Waals surface area contributed by atoms with Gasteiger partial charge >= 0.3 is 0 Å². The van der Waals surface area contributed by atoms with E-state index in [1.165, 1.54) is 37.7 Å². The number of nitrogens with one attached hydrogen (secondary N) is 1. The molecule has 1 saturated carbocycles. The number of benzene rings is 1. The van der Waals surface area contributed by atoms with Crippen molar-refractivity contribution < 1.29 is 4.74 Å². The fraction of sp³-hybridized carbons (Fsp3) is 0.625. The van der Waals surface area contributed by atoms with E-state index in [1.54, 1.807) is 0 Å². The van der Waals surface area contributed by atoms with E-state index < -0.39 is 0 Å². The van der Waals surface area contributed by atoms with Gasteiger partial charge in [-0.25, -0.2) is 0 Å². The molecule has 2 nitrogen and oxygen atoms in total. The molecule has 0 amide bonds. The highest BCUT2D eigenvalue weighted by Gasteiger charge is 2.32. The summed E-state index contributed by atoms with van der Waals surface area (Å²) in [5.41, 5.74) is 1.51. The second kappa shape index (κ2) is 5.72. The number of ether oxygens (including phenoxy) is 1. The van der Waals surface area contributed by atoms with Crippen LogP contribution in [0.15, 0.2) is 24.3 Å². The molecule has 1 N–H and O–H groups in total. The maximum Gasteiger partial charge on any atom is 0.122 e. The third-order valence-corrected chi connectivity index (χ3v) is 5.10. The zero-order valence-electron chi connectivity index (χ0n) is 11.3. The van der Waals surface area contributed by atoms with Crippen LogP contribution >= 0.6 is 11.6 Å². The summed E-state index contributed by atoms with van der Waals surface area (Å²) < 4.78 is 5.74. The van der Waals surface area contributed by atoms with Crippen LogP contribution in [0.2, 0.25) is 0 Å². The first-order valence-electron chi connectivity index (χ1n) is 7.36. The lowest BCUT2D eigenvalue weighted by atomic mass is 9.82. The first kappa shape index (κ1) is 13.3. The van der Waals surface area contributed by atoms with E-state index in [0.717, 1.165) is 24.8 Å². The predicted octanol–water partition coefficient (Wildman–Crippen LogP) is 3.69. The fourth-order valence-electron chi connectivity index (χ4n) is 3.32. The van der Waals surface area contributed by atoms with Gasteiger partial charge in [-0.2, -0.15) is 0 Å². The van der Waals surface area contributed by atoms with Crippen LogP contribution in [0.3, 0.4) is 0 Å². The summed E-state index contributed by atoms with van der Waals surface area (Å²) in [4.78, 5) is 0. The van der Waals surface area contributed by atoms with Gasteiger partial charge in [0.2, 0.25) is 0 Å². The van der Waals surface area contributed by atoms with Crippen LogP contribution in [0.25, 0.3) is 0 Å². The van der Waals surface area contributed by atoms with Crippen LogP contribution in [0.4, 0.5) is 0 Å². The molecule has 1 unspecified atom stereocenters. The standard InChI is InChI=1S/C16H22ClNO/c17-12-16(8-4-1-5-9-16)18-10-13-11-19-15-7-3-2-6-14(13)15/h2-3,6-7,13,18H,1,4-5,8-12H2. The number of hydrogen-bond acceptors (Lipinski definition) is 2. The molecule has 1 heterocycles. The largest absolute Gasteiger partial charge is 0.493 e. The molecule has 0 radical (unpaired) electrons. The lowest BCUT2D eigenvalue weighted by molar-refractivity contribution is 0.244. The van der Waals surface area contributed by atoms with Crippen molar-refractivity contribution in [2.24, 2.45) is 0 Å². The molecule has 1 aromatic carbocycles. The van der Waals surface area contributed by atoms with Gasteiger partial charge in [0.25, 0.3) is 0 Å².